The summed E-state index contributed by atoms with van der Waals surface area (Å²) in [6, 6.07) is 4.99. The number of alkyl halides is 3. The lowest BCUT2D eigenvalue weighted by Gasteiger charge is -2.25. The molecule has 2 heterocycles. The number of methoxy groups -OCH3 is 1. The minimum absolute atomic E-state index is 0.0249. The van der Waals surface area contributed by atoms with E-state index in [0.717, 1.165) is 0 Å². The van der Waals surface area contributed by atoms with Crippen molar-refractivity contribution in [3.05, 3.63) is 40.4 Å². The lowest BCUT2D eigenvalue weighted by molar-refractivity contribution is -0.156. The van der Waals surface area contributed by atoms with Crippen LogP contribution in [0.1, 0.15) is 24.1 Å². The Bertz CT molecular complexity index is 729. The molecular weight excluding hydrogens is 321 g/mol. The molecule has 118 valence electrons. The van der Waals surface area contributed by atoms with Crippen molar-refractivity contribution in [2.75, 3.05) is 19.0 Å². The number of halogens is 4. The fourth-order valence-electron chi connectivity index (χ4n) is 2.61. The molecule has 0 aliphatic carbocycles. The fourth-order valence-corrected chi connectivity index (χ4v) is 2.78. The molecule has 0 radical (unpaired) electrons. The summed E-state index contributed by atoms with van der Waals surface area (Å²) in [4.78, 5) is 3.64. The maximum atomic E-state index is 12.8. The Kier molecular flexibility index (Phi) is 3.28. The molecule has 0 amide bonds. The molecule has 0 fully saturated rings. The van der Waals surface area contributed by atoms with E-state index in [-0.39, 0.29) is 11.6 Å². The number of nitrogens with one attached hydrogen (secondary N) is 1. The molecule has 0 saturated heterocycles. The first kappa shape index (κ1) is 15.0. The van der Waals surface area contributed by atoms with Gasteiger partial charge in [0.15, 0.2) is 0 Å². The Morgan fingerprint density at radius 3 is 2.77 bits per heavy atom. The molecule has 1 aromatic heterocycles. The molecule has 3 rings (SSSR count). The van der Waals surface area contributed by atoms with Gasteiger partial charge in [-0.3, -0.25) is 0 Å². The minimum Gasteiger partial charge on any atom is -0.496 e. The minimum atomic E-state index is -4.63. The van der Waals surface area contributed by atoms with E-state index in [1.807, 2.05) is 0 Å². The molecule has 0 spiro atoms. The van der Waals surface area contributed by atoms with Crippen molar-refractivity contribution >= 4 is 17.5 Å². The Morgan fingerprint density at radius 2 is 2.14 bits per heavy atom. The first-order valence-corrected chi connectivity index (χ1v) is 6.80. The third kappa shape index (κ3) is 2.20. The third-order valence-corrected chi connectivity index (χ3v) is 3.99. The van der Waals surface area contributed by atoms with Crippen LogP contribution in [0.25, 0.3) is 0 Å². The van der Waals surface area contributed by atoms with Gasteiger partial charge in [-0.2, -0.15) is 13.2 Å². The highest BCUT2D eigenvalue weighted by Crippen LogP contribution is 2.47. The average molecular weight is 333 g/mol. The molecule has 4 nitrogen and oxygen atoms in total. The molecule has 1 aliphatic rings. The van der Waals surface area contributed by atoms with Gasteiger partial charge in [0, 0.05) is 17.1 Å². The second kappa shape index (κ2) is 4.81. The van der Waals surface area contributed by atoms with Crippen molar-refractivity contribution in [2.24, 2.45) is 0 Å². The van der Waals surface area contributed by atoms with Crippen LogP contribution >= 0.6 is 11.6 Å². The number of fused-ring (bicyclic) bond motifs is 1. The quantitative estimate of drug-likeness (QED) is 0.900. The molecule has 0 unspecified atom stereocenters. The first-order valence-electron chi connectivity index (χ1n) is 6.42. The first-order chi connectivity index (χ1) is 10.3. The summed E-state index contributed by atoms with van der Waals surface area (Å²) < 4.78 is 48.4. The molecule has 1 aliphatic heterocycles. The van der Waals surface area contributed by atoms with Crippen LogP contribution in [0.15, 0.2) is 22.6 Å². The highest BCUT2D eigenvalue weighted by atomic mass is 35.5. The van der Waals surface area contributed by atoms with Crippen LogP contribution in [-0.2, 0) is 11.6 Å². The zero-order chi connectivity index (χ0) is 16.1. The summed E-state index contributed by atoms with van der Waals surface area (Å²) >= 11 is 6.02. The molecule has 1 atom stereocenters. The van der Waals surface area contributed by atoms with Crippen molar-refractivity contribution < 1.29 is 22.3 Å². The van der Waals surface area contributed by atoms with Gasteiger partial charge in [0.2, 0.25) is 5.88 Å². The van der Waals surface area contributed by atoms with Crippen molar-refractivity contribution in [2.45, 2.75) is 18.5 Å². The van der Waals surface area contributed by atoms with Crippen molar-refractivity contribution in [1.29, 1.82) is 0 Å². The van der Waals surface area contributed by atoms with E-state index in [1.54, 1.807) is 25.1 Å². The summed E-state index contributed by atoms with van der Waals surface area (Å²) in [7, 11) is 1.49. The van der Waals surface area contributed by atoms with Gasteiger partial charge in [0.05, 0.1) is 12.5 Å². The van der Waals surface area contributed by atoms with Crippen LogP contribution in [-0.4, -0.2) is 18.6 Å². The Balaban J connectivity index is 2.15. The van der Waals surface area contributed by atoms with Crippen LogP contribution < -0.4 is 10.1 Å². The molecule has 2 aromatic rings. The number of anilines is 1. The summed E-state index contributed by atoms with van der Waals surface area (Å²) in [5, 5.41) is 3.29. The van der Waals surface area contributed by atoms with E-state index < -0.39 is 17.5 Å². The monoisotopic (exact) mass is 332 g/mol. The standard InChI is InChI=1S/C14H12ClF3N2O2/c1-13(8-5-7(15)3-4-9(8)21-2)6-19-11-10(13)20-12(22-11)14(16,17)18/h3-5,19H,6H2,1-2H3/t13-/m1/s1. The molecule has 1 aromatic carbocycles. The summed E-state index contributed by atoms with van der Waals surface area (Å²) in [5.74, 6) is -0.716. The van der Waals surface area contributed by atoms with Gasteiger partial charge in [0.1, 0.15) is 11.4 Å². The summed E-state index contributed by atoms with van der Waals surface area (Å²) in [6.07, 6.45) is -4.63. The highest BCUT2D eigenvalue weighted by Gasteiger charge is 2.47. The molecule has 0 saturated carbocycles. The lowest BCUT2D eigenvalue weighted by atomic mass is 9.81. The van der Waals surface area contributed by atoms with E-state index >= 15 is 0 Å². The molecular formula is C14H12ClF3N2O2. The Hall–Kier alpha value is -1.89. The van der Waals surface area contributed by atoms with Gasteiger partial charge in [-0.1, -0.05) is 11.6 Å². The van der Waals surface area contributed by atoms with E-state index in [9.17, 15) is 13.2 Å². The predicted molar refractivity (Wildman–Crippen MR) is 74.5 cm³/mol. The summed E-state index contributed by atoms with van der Waals surface area (Å²) in [5.41, 5.74) is 0.00893. The van der Waals surface area contributed by atoms with Crippen molar-refractivity contribution in [1.82, 2.24) is 4.98 Å². The van der Waals surface area contributed by atoms with Gasteiger partial charge in [-0.05, 0) is 25.1 Å². The van der Waals surface area contributed by atoms with Gasteiger partial charge in [-0.25, -0.2) is 4.98 Å². The largest absolute Gasteiger partial charge is 0.496 e. The number of benzene rings is 1. The SMILES string of the molecule is COc1ccc(Cl)cc1[C@@]1(C)CNc2oc(C(F)(F)F)nc21. The molecule has 8 heteroatoms. The second-order valence-corrected chi connectivity index (χ2v) is 5.66. The maximum absolute atomic E-state index is 12.8. The molecule has 0 bridgehead atoms. The van der Waals surface area contributed by atoms with Gasteiger partial charge >= 0.3 is 12.1 Å². The van der Waals surface area contributed by atoms with Crippen LogP contribution in [0.5, 0.6) is 5.75 Å². The maximum Gasteiger partial charge on any atom is 0.469 e. The van der Waals surface area contributed by atoms with Crippen LogP contribution in [0.3, 0.4) is 0 Å². The van der Waals surface area contributed by atoms with Crippen LogP contribution in [0.2, 0.25) is 5.02 Å². The number of nitrogens with zero attached hydrogens (tertiary/aromatic N) is 1. The van der Waals surface area contributed by atoms with E-state index in [1.165, 1.54) is 7.11 Å². The molecule has 22 heavy (non-hydrogen) atoms. The number of hydrogen-bond acceptors (Lipinski definition) is 4. The van der Waals surface area contributed by atoms with Crippen LogP contribution in [0, 0.1) is 0 Å². The number of rotatable bonds is 2. The topological polar surface area (TPSA) is 47.3 Å². The number of oxazole rings is 1. The van der Waals surface area contributed by atoms with Gasteiger partial charge in [0.25, 0.3) is 0 Å². The number of ether oxygens (including phenoxy) is 1. The third-order valence-electron chi connectivity index (χ3n) is 3.75. The van der Waals surface area contributed by atoms with Crippen molar-refractivity contribution in [3.63, 3.8) is 0 Å². The zero-order valence-electron chi connectivity index (χ0n) is 11.7. The Labute approximate surface area is 129 Å². The van der Waals surface area contributed by atoms with Gasteiger partial charge in [-0.15, -0.1) is 0 Å². The van der Waals surface area contributed by atoms with E-state index in [4.69, 9.17) is 20.8 Å². The fraction of sp³-hybridized carbons (Fsp3) is 0.357. The normalized spacial score (nSPS) is 20.6. The number of aromatic nitrogens is 1. The molecule has 1 N–H and O–H groups in total. The summed E-state index contributed by atoms with van der Waals surface area (Å²) in [6.45, 7) is 2.10. The number of hydrogen-bond donors (Lipinski definition) is 1. The average Bonchev–Trinajstić information content (AvgIpc) is 3.00. The van der Waals surface area contributed by atoms with E-state index in [2.05, 4.69) is 10.3 Å². The van der Waals surface area contributed by atoms with Crippen LogP contribution in [0.4, 0.5) is 19.1 Å². The predicted octanol–water partition coefficient (Wildman–Crippen LogP) is 4.09. The van der Waals surface area contributed by atoms with Gasteiger partial charge < -0.3 is 14.5 Å². The Morgan fingerprint density at radius 1 is 1.41 bits per heavy atom. The second-order valence-electron chi connectivity index (χ2n) is 5.22. The smallest absolute Gasteiger partial charge is 0.469 e. The van der Waals surface area contributed by atoms with E-state index in [0.29, 0.717) is 22.9 Å². The zero-order valence-corrected chi connectivity index (χ0v) is 12.5. The van der Waals surface area contributed by atoms with Crippen molar-refractivity contribution in [3.8, 4) is 5.75 Å². The highest BCUT2D eigenvalue weighted by molar-refractivity contribution is 6.30. The lowest BCUT2D eigenvalue weighted by Crippen LogP contribution is -2.28.